The number of ether oxygens (including phenoxy) is 1. The van der Waals surface area contributed by atoms with Crippen molar-refractivity contribution in [1.29, 1.82) is 0 Å². The van der Waals surface area contributed by atoms with Crippen LogP contribution in [0.2, 0.25) is 0 Å². The third kappa shape index (κ3) is 6.22. The number of H-pyrrole nitrogens is 1. The smallest absolute Gasteiger partial charge is 0.296 e. The first-order chi connectivity index (χ1) is 17.3. The minimum Gasteiger partial charge on any atom is -0.381 e. The van der Waals surface area contributed by atoms with Gasteiger partial charge in [-0.1, -0.05) is 42.0 Å². The van der Waals surface area contributed by atoms with Crippen molar-refractivity contribution in [3.05, 3.63) is 90.1 Å². The van der Waals surface area contributed by atoms with Gasteiger partial charge in [0.2, 0.25) is 9.84 Å². The number of benzene rings is 3. The first kappa shape index (κ1) is 26.1. The number of sulfone groups is 1. The van der Waals surface area contributed by atoms with Crippen LogP contribution >= 0.6 is 0 Å². The summed E-state index contributed by atoms with van der Waals surface area (Å²) in [7, 11) is -7.53. The van der Waals surface area contributed by atoms with Crippen LogP contribution in [0, 0.1) is 6.92 Å². The highest BCUT2D eigenvalue weighted by molar-refractivity contribution is 7.91. The van der Waals surface area contributed by atoms with Gasteiger partial charge in [0.1, 0.15) is 0 Å². The molecular formula is C27H29NO6S2. The second-order valence-corrected chi connectivity index (χ2v) is 12.0. The van der Waals surface area contributed by atoms with Crippen molar-refractivity contribution in [2.24, 2.45) is 0 Å². The molecule has 4 aromatic rings. The van der Waals surface area contributed by atoms with Crippen LogP contribution in [-0.4, -0.2) is 41.6 Å². The molecule has 0 spiro atoms. The van der Waals surface area contributed by atoms with E-state index in [0.29, 0.717) is 17.3 Å². The molecule has 0 atom stereocenters. The fourth-order valence-electron chi connectivity index (χ4n) is 3.80. The summed E-state index contributed by atoms with van der Waals surface area (Å²) in [6, 6.07) is 20.0. The summed E-state index contributed by atoms with van der Waals surface area (Å²) in [5.41, 5.74) is 2.42. The number of aromatic nitrogens is 1. The molecule has 1 fully saturated rings. The van der Waals surface area contributed by atoms with Crippen molar-refractivity contribution in [2.45, 2.75) is 40.9 Å². The lowest BCUT2D eigenvalue weighted by Gasteiger charge is -2.07. The first-order valence-corrected chi connectivity index (χ1v) is 14.6. The average molecular weight is 528 g/mol. The van der Waals surface area contributed by atoms with Gasteiger partial charge in [-0.2, -0.15) is 8.42 Å². The van der Waals surface area contributed by atoms with Crippen LogP contribution in [0.5, 0.6) is 0 Å². The van der Waals surface area contributed by atoms with Gasteiger partial charge in [-0.05, 0) is 68.1 Å². The third-order valence-corrected chi connectivity index (χ3v) is 8.95. The number of hydrogen-bond donors (Lipinski definition) is 1. The van der Waals surface area contributed by atoms with Crippen LogP contribution in [0.4, 0.5) is 0 Å². The molecule has 190 valence electrons. The number of aryl methyl sites for hydroxylation is 1. The molecule has 1 aliphatic heterocycles. The van der Waals surface area contributed by atoms with E-state index in [2.05, 4.69) is 4.98 Å². The zero-order chi connectivity index (χ0) is 25.6. The van der Waals surface area contributed by atoms with Crippen LogP contribution in [0.1, 0.15) is 24.0 Å². The number of rotatable bonds is 7. The van der Waals surface area contributed by atoms with Crippen LogP contribution in [0.15, 0.2) is 93.7 Å². The Kier molecular flexibility index (Phi) is 8.25. The van der Waals surface area contributed by atoms with E-state index in [1.807, 2.05) is 13.0 Å². The molecule has 9 heteroatoms. The van der Waals surface area contributed by atoms with E-state index < -0.39 is 20.0 Å². The van der Waals surface area contributed by atoms with E-state index in [1.165, 1.54) is 31.2 Å². The fraction of sp³-hybridized carbons (Fsp3) is 0.259. The molecule has 7 nitrogen and oxygen atoms in total. The Labute approximate surface area is 212 Å². The zero-order valence-electron chi connectivity index (χ0n) is 20.0. The van der Waals surface area contributed by atoms with E-state index in [0.717, 1.165) is 24.3 Å². The van der Waals surface area contributed by atoms with E-state index in [4.69, 9.17) is 8.92 Å². The van der Waals surface area contributed by atoms with Gasteiger partial charge in [0.25, 0.3) is 10.1 Å². The molecule has 1 saturated heterocycles. The molecule has 3 aromatic carbocycles. The quantitative estimate of drug-likeness (QED) is 0.337. The maximum Gasteiger partial charge on any atom is 0.296 e. The summed E-state index contributed by atoms with van der Waals surface area (Å²) in [4.78, 5) is 3.50. The molecule has 2 heterocycles. The predicted molar refractivity (Wildman–Crippen MR) is 138 cm³/mol. The number of hydrogen-bond acceptors (Lipinski definition) is 6. The lowest BCUT2D eigenvalue weighted by Crippen LogP contribution is -2.09. The van der Waals surface area contributed by atoms with E-state index >= 15 is 0 Å². The van der Waals surface area contributed by atoms with Gasteiger partial charge in [0, 0.05) is 30.3 Å². The van der Waals surface area contributed by atoms with Crippen LogP contribution in [-0.2, 0) is 35.3 Å². The number of nitrogens with one attached hydrogen (secondary N) is 1. The van der Waals surface area contributed by atoms with Crippen LogP contribution < -0.4 is 0 Å². The summed E-state index contributed by atoms with van der Waals surface area (Å²) in [5, 5.41) is 0.558. The summed E-state index contributed by atoms with van der Waals surface area (Å²) in [6.07, 6.45) is 4.35. The van der Waals surface area contributed by atoms with Crippen molar-refractivity contribution in [3.63, 3.8) is 0 Å². The Morgan fingerprint density at radius 1 is 0.861 bits per heavy atom. The minimum atomic E-state index is -3.85. The maximum atomic E-state index is 13.0. The molecule has 36 heavy (non-hydrogen) atoms. The van der Waals surface area contributed by atoms with Gasteiger partial charge in [-0.3, -0.25) is 4.18 Å². The average Bonchev–Trinajstić information content (AvgIpc) is 3.58. The van der Waals surface area contributed by atoms with Crippen molar-refractivity contribution >= 4 is 30.9 Å². The molecule has 1 N–H and O–H groups in total. The van der Waals surface area contributed by atoms with Crippen LogP contribution in [0.3, 0.4) is 0 Å². The molecular weight excluding hydrogens is 498 g/mol. The summed E-state index contributed by atoms with van der Waals surface area (Å²) in [5.74, 6) is 0. The lowest BCUT2D eigenvalue weighted by atomic mass is 10.1. The summed E-state index contributed by atoms with van der Waals surface area (Å²) in [6.45, 7) is 3.83. The van der Waals surface area contributed by atoms with Gasteiger partial charge >= 0.3 is 0 Å². The van der Waals surface area contributed by atoms with Gasteiger partial charge in [0.05, 0.1) is 21.3 Å². The molecule has 0 radical (unpaired) electrons. The van der Waals surface area contributed by atoms with E-state index in [9.17, 15) is 16.8 Å². The normalized spacial score (nSPS) is 13.9. The molecule has 0 aliphatic carbocycles. The standard InChI is InChI=1S/C23H21NO5S2.C4H8O/c1-17-7-10-20(11-8-17)31(27,28)29-14-13-18-9-12-22-21(15-18)23(16-24-22)30(25,26)19-5-3-2-4-6-19;1-2-4-5-3-1/h2-12,15-16,24H,13-14H2,1H3;1-4H2. The van der Waals surface area contributed by atoms with Crippen molar-refractivity contribution in [2.75, 3.05) is 19.8 Å². The monoisotopic (exact) mass is 527 g/mol. The Balaban J connectivity index is 0.000000543. The maximum absolute atomic E-state index is 13.0. The highest BCUT2D eigenvalue weighted by Gasteiger charge is 2.22. The SMILES string of the molecule is C1CCOC1.Cc1ccc(S(=O)(=O)OCCc2ccc3[nH]cc(S(=O)(=O)c4ccccc4)c3c2)cc1. The van der Waals surface area contributed by atoms with Gasteiger partial charge in [0.15, 0.2) is 0 Å². The zero-order valence-corrected chi connectivity index (χ0v) is 21.6. The first-order valence-electron chi connectivity index (χ1n) is 11.7. The van der Waals surface area contributed by atoms with Crippen molar-refractivity contribution < 1.29 is 25.8 Å². The highest BCUT2D eigenvalue weighted by atomic mass is 32.2. The molecule has 1 aromatic heterocycles. The molecule has 1 aliphatic rings. The molecule has 0 amide bonds. The Morgan fingerprint density at radius 2 is 1.56 bits per heavy atom. The number of aromatic amines is 1. The minimum absolute atomic E-state index is 0.0487. The highest BCUT2D eigenvalue weighted by Crippen LogP contribution is 2.29. The Bertz CT molecular complexity index is 1500. The molecule has 5 rings (SSSR count). The topological polar surface area (TPSA) is 103 Å². The summed E-state index contributed by atoms with van der Waals surface area (Å²) < 4.78 is 60.8. The van der Waals surface area contributed by atoms with Gasteiger partial charge < -0.3 is 9.72 Å². The van der Waals surface area contributed by atoms with Gasteiger partial charge in [-0.25, -0.2) is 8.42 Å². The Morgan fingerprint density at radius 3 is 2.19 bits per heavy atom. The van der Waals surface area contributed by atoms with Gasteiger partial charge in [-0.15, -0.1) is 0 Å². The van der Waals surface area contributed by atoms with E-state index in [-0.39, 0.29) is 21.3 Å². The predicted octanol–water partition coefficient (Wildman–Crippen LogP) is 5.05. The summed E-state index contributed by atoms with van der Waals surface area (Å²) >= 11 is 0. The fourth-order valence-corrected chi connectivity index (χ4v) is 6.15. The second kappa shape index (κ2) is 11.4. The van der Waals surface area contributed by atoms with E-state index in [1.54, 1.807) is 54.6 Å². The lowest BCUT2D eigenvalue weighted by molar-refractivity contribution is 0.198. The van der Waals surface area contributed by atoms with Crippen LogP contribution in [0.25, 0.3) is 10.9 Å². The molecule has 0 saturated carbocycles. The second-order valence-electron chi connectivity index (χ2n) is 8.51. The third-order valence-electron chi connectivity index (χ3n) is 5.82. The van der Waals surface area contributed by atoms with Crippen molar-refractivity contribution in [3.8, 4) is 0 Å². The molecule has 0 unspecified atom stereocenters. The Hall–Kier alpha value is -2.98. The largest absolute Gasteiger partial charge is 0.381 e. The number of fused-ring (bicyclic) bond motifs is 1. The molecule has 0 bridgehead atoms. The van der Waals surface area contributed by atoms with Crippen molar-refractivity contribution in [1.82, 2.24) is 4.98 Å².